The van der Waals surface area contributed by atoms with Gasteiger partial charge in [0.25, 0.3) is 0 Å². The van der Waals surface area contributed by atoms with E-state index < -0.39 is 0 Å². The van der Waals surface area contributed by atoms with Crippen molar-refractivity contribution in [3.8, 4) is 11.8 Å². The Morgan fingerprint density at radius 2 is 1.92 bits per heavy atom. The lowest BCUT2D eigenvalue weighted by atomic mass is 10.1. The molecule has 3 rings (SSSR count). The first-order valence-corrected chi connectivity index (χ1v) is 9.99. The van der Waals surface area contributed by atoms with Crippen LogP contribution in [0.3, 0.4) is 0 Å². The van der Waals surface area contributed by atoms with Crippen LogP contribution in [0.5, 0.6) is 0 Å². The topological polar surface area (TPSA) is 61.8 Å². The molecule has 3 heterocycles. The fourth-order valence-corrected chi connectivity index (χ4v) is 3.95. The van der Waals surface area contributed by atoms with Gasteiger partial charge in [0.15, 0.2) is 0 Å². The van der Waals surface area contributed by atoms with Crippen molar-refractivity contribution < 1.29 is 9.53 Å². The predicted octanol–water partition coefficient (Wildman–Crippen LogP) is 0.999. The quantitative estimate of drug-likeness (QED) is 0.730. The predicted molar refractivity (Wildman–Crippen MR) is 102 cm³/mol. The Balaban J connectivity index is 1.29. The smallest absolute Gasteiger partial charge is 0.219 e. The van der Waals surface area contributed by atoms with E-state index in [0.717, 1.165) is 69.6 Å². The Hall–Kier alpha value is -1.69. The van der Waals surface area contributed by atoms with Crippen LogP contribution in [0, 0.1) is 18.8 Å². The highest BCUT2D eigenvalue weighted by atomic mass is 32.1. The van der Waals surface area contributed by atoms with Crippen molar-refractivity contribution in [3.05, 3.63) is 5.82 Å². The van der Waals surface area contributed by atoms with E-state index in [2.05, 4.69) is 31.0 Å². The summed E-state index contributed by atoms with van der Waals surface area (Å²) in [5, 5.41) is 1.02. The summed E-state index contributed by atoms with van der Waals surface area (Å²) in [6, 6.07) is 0. The standard InChI is InChI=1S/C18H27N5O2S/c1-15-19-18(26-20-15)23-8-5-17(6-9-23)25-14-4-3-7-21-10-12-22(13-11-21)16(2)24/h17H,5-14H2,1-2H3. The van der Waals surface area contributed by atoms with Crippen molar-refractivity contribution in [1.29, 1.82) is 0 Å². The first-order chi connectivity index (χ1) is 12.6. The van der Waals surface area contributed by atoms with Crippen molar-refractivity contribution in [2.24, 2.45) is 0 Å². The van der Waals surface area contributed by atoms with E-state index in [1.165, 1.54) is 11.5 Å². The average Bonchev–Trinajstić information content (AvgIpc) is 3.09. The lowest BCUT2D eigenvalue weighted by Gasteiger charge is -2.33. The van der Waals surface area contributed by atoms with Crippen LogP contribution in [0.15, 0.2) is 0 Å². The summed E-state index contributed by atoms with van der Waals surface area (Å²) < 4.78 is 10.2. The van der Waals surface area contributed by atoms with E-state index in [-0.39, 0.29) is 12.0 Å². The second-order valence-corrected chi connectivity index (χ2v) is 7.49. The second-order valence-electron chi connectivity index (χ2n) is 6.76. The van der Waals surface area contributed by atoms with Crippen molar-refractivity contribution in [1.82, 2.24) is 19.2 Å². The van der Waals surface area contributed by atoms with Crippen LogP contribution in [0.1, 0.15) is 25.6 Å². The molecule has 0 aromatic carbocycles. The summed E-state index contributed by atoms with van der Waals surface area (Å²) in [6.07, 6.45) is 2.30. The summed E-state index contributed by atoms with van der Waals surface area (Å²) >= 11 is 1.47. The molecule has 0 unspecified atom stereocenters. The SMILES string of the molecule is CC(=O)N1CCN(CC#CCOC2CCN(c3nc(C)ns3)CC2)CC1. The van der Waals surface area contributed by atoms with Gasteiger partial charge >= 0.3 is 0 Å². The normalized spacial score (nSPS) is 19.3. The van der Waals surface area contributed by atoms with E-state index >= 15 is 0 Å². The van der Waals surface area contributed by atoms with Crippen molar-refractivity contribution >= 4 is 22.6 Å². The molecule has 1 amide bonds. The van der Waals surface area contributed by atoms with Crippen LogP contribution in [-0.4, -0.2) is 83.6 Å². The number of ether oxygens (including phenoxy) is 1. The van der Waals surface area contributed by atoms with Gasteiger partial charge in [-0.05, 0) is 19.8 Å². The van der Waals surface area contributed by atoms with Crippen LogP contribution in [0.2, 0.25) is 0 Å². The molecule has 0 saturated carbocycles. The third kappa shape index (κ3) is 5.40. The van der Waals surface area contributed by atoms with Gasteiger partial charge in [-0.3, -0.25) is 9.69 Å². The molecule has 1 aromatic heterocycles. The van der Waals surface area contributed by atoms with Gasteiger partial charge in [-0.1, -0.05) is 11.8 Å². The number of hydrogen-bond acceptors (Lipinski definition) is 7. The molecule has 26 heavy (non-hydrogen) atoms. The average molecular weight is 378 g/mol. The molecule has 0 N–H and O–H groups in total. The van der Waals surface area contributed by atoms with Gasteiger partial charge in [0, 0.05) is 57.7 Å². The first-order valence-electron chi connectivity index (χ1n) is 9.22. The van der Waals surface area contributed by atoms with Crippen LogP contribution in [-0.2, 0) is 9.53 Å². The highest BCUT2D eigenvalue weighted by Crippen LogP contribution is 2.22. The Bertz CT molecular complexity index is 652. The van der Waals surface area contributed by atoms with Gasteiger partial charge in [0.1, 0.15) is 12.4 Å². The minimum Gasteiger partial charge on any atom is -0.365 e. The van der Waals surface area contributed by atoms with E-state index in [1.54, 1.807) is 6.92 Å². The van der Waals surface area contributed by atoms with Gasteiger partial charge in [-0.2, -0.15) is 4.37 Å². The maximum Gasteiger partial charge on any atom is 0.219 e. The number of anilines is 1. The highest BCUT2D eigenvalue weighted by molar-refractivity contribution is 7.09. The number of rotatable bonds is 4. The van der Waals surface area contributed by atoms with Gasteiger partial charge in [-0.25, -0.2) is 4.98 Å². The number of amides is 1. The Morgan fingerprint density at radius 3 is 2.54 bits per heavy atom. The Kier molecular flexibility index (Phi) is 6.83. The number of nitrogens with zero attached hydrogens (tertiary/aromatic N) is 5. The number of carbonyl (C=O) groups excluding carboxylic acids is 1. The molecule has 0 radical (unpaired) electrons. The number of aryl methyl sites for hydroxylation is 1. The van der Waals surface area contributed by atoms with Crippen LogP contribution in [0.25, 0.3) is 0 Å². The Labute approximate surface area is 159 Å². The zero-order valence-corrected chi connectivity index (χ0v) is 16.4. The van der Waals surface area contributed by atoms with Crippen molar-refractivity contribution in [3.63, 3.8) is 0 Å². The summed E-state index contributed by atoms with van der Waals surface area (Å²) in [5.74, 6) is 7.34. The molecular formula is C18H27N5O2S. The lowest BCUT2D eigenvalue weighted by molar-refractivity contribution is -0.130. The number of piperazine rings is 1. The van der Waals surface area contributed by atoms with E-state index in [0.29, 0.717) is 6.61 Å². The fourth-order valence-electron chi connectivity index (χ4n) is 3.23. The minimum absolute atomic E-state index is 0.163. The zero-order valence-electron chi connectivity index (χ0n) is 15.6. The first kappa shape index (κ1) is 19.1. The van der Waals surface area contributed by atoms with Crippen molar-refractivity contribution in [2.75, 3.05) is 57.3 Å². The molecule has 2 aliphatic rings. The monoisotopic (exact) mass is 377 g/mol. The molecule has 2 saturated heterocycles. The maximum absolute atomic E-state index is 11.3. The summed E-state index contributed by atoms with van der Waals surface area (Å²) in [6.45, 7) is 10.2. The molecule has 142 valence electrons. The molecule has 2 aliphatic heterocycles. The molecule has 2 fully saturated rings. The molecule has 7 nitrogen and oxygen atoms in total. The van der Waals surface area contributed by atoms with E-state index in [9.17, 15) is 4.79 Å². The summed E-state index contributed by atoms with van der Waals surface area (Å²) in [5.41, 5.74) is 0. The summed E-state index contributed by atoms with van der Waals surface area (Å²) in [7, 11) is 0. The highest BCUT2D eigenvalue weighted by Gasteiger charge is 2.21. The van der Waals surface area contributed by atoms with E-state index in [1.807, 2.05) is 11.8 Å². The molecule has 0 bridgehead atoms. The van der Waals surface area contributed by atoms with Gasteiger partial charge in [0.2, 0.25) is 11.0 Å². The third-order valence-electron chi connectivity index (χ3n) is 4.87. The van der Waals surface area contributed by atoms with Gasteiger partial charge in [-0.15, -0.1) is 0 Å². The molecule has 0 aliphatic carbocycles. The third-order valence-corrected chi connectivity index (χ3v) is 5.73. The van der Waals surface area contributed by atoms with Crippen LogP contribution < -0.4 is 4.90 Å². The molecular weight excluding hydrogens is 350 g/mol. The van der Waals surface area contributed by atoms with E-state index in [4.69, 9.17) is 4.74 Å². The number of hydrogen-bond donors (Lipinski definition) is 0. The molecule has 0 spiro atoms. The molecule has 1 aromatic rings. The van der Waals surface area contributed by atoms with Gasteiger partial charge in [0.05, 0.1) is 12.6 Å². The van der Waals surface area contributed by atoms with Gasteiger partial charge < -0.3 is 14.5 Å². The lowest BCUT2D eigenvalue weighted by Crippen LogP contribution is -2.47. The molecule has 0 atom stereocenters. The van der Waals surface area contributed by atoms with Crippen molar-refractivity contribution in [2.45, 2.75) is 32.8 Å². The number of carbonyl (C=O) groups is 1. The second kappa shape index (κ2) is 9.31. The minimum atomic E-state index is 0.163. The van der Waals surface area contributed by atoms with Crippen LogP contribution in [0.4, 0.5) is 5.13 Å². The zero-order chi connectivity index (χ0) is 18.4. The van der Waals surface area contributed by atoms with Crippen LogP contribution >= 0.6 is 11.5 Å². The maximum atomic E-state index is 11.3. The number of aromatic nitrogens is 2. The Morgan fingerprint density at radius 1 is 1.19 bits per heavy atom. The molecule has 8 heteroatoms. The number of piperidine rings is 1. The summed E-state index contributed by atoms with van der Waals surface area (Å²) in [4.78, 5) is 22.2. The largest absolute Gasteiger partial charge is 0.365 e. The fraction of sp³-hybridized carbons (Fsp3) is 0.722.